The number of para-hydroxylation sites is 1. The Morgan fingerprint density at radius 3 is 2.60 bits per heavy atom. The van der Waals surface area contributed by atoms with Crippen molar-refractivity contribution >= 4 is 22.4 Å². The highest BCUT2D eigenvalue weighted by Crippen LogP contribution is 2.32. The third-order valence-electron chi connectivity index (χ3n) is 5.67. The second kappa shape index (κ2) is 7.26. The smallest absolute Gasteiger partial charge is 0.267 e. The van der Waals surface area contributed by atoms with Gasteiger partial charge in [0.15, 0.2) is 0 Å². The predicted molar refractivity (Wildman–Crippen MR) is 119 cm³/mol. The zero-order valence-corrected chi connectivity index (χ0v) is 16.7. The van der Waals surface area contributed by atoms with E-state index in [1.54, 1.807) is 11.0 Å². The van der Waals surface area contributed by atoms with Gasteiger partial charge in [-0.2, -0.15) is 5.10 Å². The number of hydrogen-bond donors (Lipinski definition) is 0. The number of nitrogens with zero attached hydrogens (tertiary/aromatic N) is 3. The Morgan fingerprint density at radius 1 is 0.967 bits per heavy atom. The molecule has 0 bridgehead atoms. The first-order chi connectivity index (χ1) is 14.6. The number of carbonyl (C=O) groups is 1. The van der Waals surface area contributed by atoms with Crippen LogP contribution in [0.4, 0.5) is 5.69 Å². The maximum absolute atomic E-state index is 13.1. The zero-order valence-electron chi connectivity index (χ0n) is 16.7. The molecule has 0 fully saturated rings. The van der Waals surface area contributed by atoms with E-state index in [9.17, 15) is 9.59 Å². The summed E-state index contributed by atoms with van der Waals surface area (Å²) in [5.74, 6) is -0.127. The highest BCUT2D eigenvalue weighted by molar-refractivity contribution is 5.96. The number of hydrogen-bond acceptors (Lipinski definition) is 3. The quantitative estimate of drug-likeness (QED) is 0.526. The number of amides is 1. The van der Waals surface area contributed by atoms with Crippen molar-refractivity contribution < 1.29 is 4.79 Å². The van der Waals surface area contributed by atoms with Gasteiger partial charge in [0.2, 0.25) is 5.91 Å². The summed E-state index contributed by atoms with van der Waals surface area (Å²) < 4.78 is 1.26. The van der Waals surface area contributed by atoms with Crippen LogP contribution >= 0.6 is 0 Å². The van der Waals surface area contributed by atoms with Crippen LogP contribution < -0.4 is 10.5 Å². The summed E-state index contributed by atoms with van der Waals surface area (Å²) in [6, 6.07) is 25.3. The Balaban J connectivity index is 1.47. The molecule has 5 nitrogen and oxygen atoms in total. The number of benzene rings is 3. The Kier molecular flexibility index (Phi) is 4.43. The molecule has 5 heteroatoms. The molecule has 1 unspecified atom stereocenters. The van der Waals surface area contributed by atoms with Crippen molar-refractivity contribution in [2.75, 3.05) is 4.90 Å². The average molecular weight is 395 g/mol. The summed E-state index contributed by atoms with van der Waals surface area (Å²) in [6.07, 6.45) is 0.821. The van der Waals surface area contributed by atoms with Crippen molar-refractivity contribution in [3.63, 3.8) is 0 Å². The van der Waals surface area contributed by atoms with Gasteiger partial charge in [-0.25, -0.2) is 4.68 Å². The van der Waals surface area contributed by atoms with Crippen LogP contribution in [0.25, 0.3) is 22.0 Å². The first-order valence-electron chi connectivity index (χ1n) is 10.1. The van der Waals surface area contributed by atoms with Gasteiger partial charge in [0.05, 0.1) is 5.69 Å². The Morgan fingerprint density at radius 2 is 1.73 bits per heavy atom. The van der Waals surface area contributed by atoms with E-state index in [2.05, 4.69) is 11.2 Å². The zero-order chi connectivity index (χ0) is 20.7. The van der Waals surface area contributed by atoms with Gasteiger partial charge in [-0.3, -0.25) is 9.59 Å². The van der Waals surface area contributed by atoms with Gasteiger partial charge in [0, 0.05) is 23.4 Å². The molecule has 1 aromatic heterocycles. The van der Waals surface area contributed by atoms with E-state index < -0.39 is 0 Å². The lowest BCUT2D eigenvalue weighted by atomic mass is 10.1. The molecule has 0 spiro atoms. The molecule has 148 valence electrons. The third-order valence-corrected chi connectivity index (χ3v) is 5.67. The fraction of sp³-hybridized carbons (Fsp3) is 0.160. The number of carbonyl (C=O) groups excluding carboxylic acids is 1. The SMILES string of the molecule is CC1Cc2ccccc2N1C(=O)Cn1nc(-c2ccc3ccccc3c2)ccc1=O. The Hall–Kier alpha value is -3.73. The van der Waals surface area contributed by atoms with Crippen molar-refractivity contribution in [2.45, 2.75) is 25.9 Å². The summed E-state index contributed by atoms with van der Waals surface area (Å²) in [5.41, 5.74) is 3.38. The normalized spacial score (nSPS) is 15.4. The molecule has 0 aliphatic carbocycles. The van der Waals surface area contributed by atoms with Crippen molar-refractivity contribution in [2.24, 2.45) is 0 Å². The second-order valence-corrected chi connectivity index (χ2v) is 7.72. The lowest BCUT2D eigenvalue weighted by Gasteiger charge is -2.23. The van der Waals surface area contributed by atoms with E-state index >= 15 is 0 Å². The summed E-state index contributed by atoms with van der Waals surface area (Å²) in [4.78, 5) is 27.3. The maximum Gasteiger partial charge on any atom is 0.267 e. The molecule has 0 radical (unpaired) electrons. The minimum atomic E-state index is -0.284. The van der Waals surface area contributed by atoms with Crippen LogP contribution in [0, 0.1) is 0 Å². The first-order valence-corrected chi connectivity index (χ1v) is 10.1. The molecular weight excluding hydrogens is 374 g/mol. The second-order valence-electron chi connectivity index (χ2n) is 7.72. The van der Waals surface area contributed by atoms with Gasteiger partial charge in [-0.05, 0) is 47.9 Å². The van der Waals surface area contributed by atoms with Crippen molar-refractivity contribution in [3.8, 4) is 11.3 Å². The van der Waals surface area contributed by atoms with Crippen LogP contribution in [-0.4, -0.2) is 21.7 Å². The molecule has 4 aromatic rings. The maximum atomic E-state index is 13.1. The summed E-state index contributed by atoms with van der Waals surface area (Å²) in [6.45, 7) is 1.94. The van der Waals surface area contributed by atoms with Crippen molar-refractivity contribution in [1.82, 2.24) is 9.78 Å². The minimum Gasteiger partial charge on any atom is -0.307 e. The molecule has 1 amide bonds. The Labute approximate surface area is 174 Å². The lowest BCUT2D eigenvalue weighted by Crippen LogP contribution is -2.40. The Bertz CT molecular complexity index is 1330. The van der Waals surface area contributed by atoms with Gasteiger partial charge in [0.25, 0.3) is 5.56 Å². The highest BCUT2D eigenvalue weighted by atomic mass is 16.2. The van der Waals surface area contributed by atoms with E-state index in [0.717, 1.165) is 34.0 Å². The molecule has 0 N–H and O–H groups in total. The summed E-state index contributed by atoms with van der Waals surface area (Å²) in [5, 5.41) is 6.75. The number of fused-ring (bicyclic) bond motifs is 2. The molecule has 30 heavy (non-hydrogen) atoms. The molecule has 0 saturated heterocycles. The van der Waals surface area contributed by atoms with Gasteiger partial charge in [-0.15, -0.1) is 0 Å². The van der Waals surface area contributed by atoms with E-state index in [1.165, 1.54) is 10.7 Å². The van der Waals surface area contributed by atoms with E-state index in [-0.39, 0.29) is 24.1 Å². The lowest BCUT2D eigenvalue weighted by molar-refractivity contribution is -0.119. The van der Waals surface area contributed by atoms with Gasteiger partial charge in [-0.1, -0.05) is 54.6 Å². The standard InChI is InChI=1S/C25H21N3O2/c1-17-14-21-8-4-5-9-23(21)28(17)25(30)16-27-24(29)13-12-22(26-27)20-11-10-18-6-2-3-7-19(18)15-20/h2-13,15,17H,14,16H2,1H3. The van der Waals surface area contributed by atoms with Gasteiger partial charge in [0.1, 0.15) is 6.54 Å². The largest absolute Gasteiger partial charge is 0.307 e. The summed E-state index contributed by atoms with van der Waals surface area (Å²) in [7, 11) is 0. The van der Waals surface area contributed by atoms with Crippen LogP contribution in [0.2, 0.25) is 0 Å². The van der Waals surface area contributed by atoms with Crippen LogP contribution in [0.5, 0.6) is 0 Å². The predicted octanol–water partition coefficient (Wildman–Crippen LogP) is 4.04. The minimum absolute atomic E-state index is 0.0641. The first kappa shape index (κ1) is 18.3. The summed E-state index contributed by atoms with van der Waals surface area (Å²) >= 11 is 0. The van der Waals surface area contributed by atoms with Crippen LogP contribution in [0.3, 0.4) is 0 Å². The van der Waals surface area contributed by atoms with E-state index in [4.69, 9.17) is 0 Å². The fourth-order valence-electron chi connectivity index (χ4n) is 4.21. The van der Waals surface area contributed by atoms with Crippen LogP contribution in [-0.2, 0) is 17.8 Å². The molecular formula is C25H21N3O2. The van der Waals surface area contributed by atoms with Crippen molar-refractivity contribution in [3.05, 3.63) is 94.8 Å². The van der Waals surface area contributed by atoms with Crippen LogP contribution in [0.1, 0.15) is 12.5 Å². The molecule has 0 saturated carbocycles. The molecule has 1 atom stereocenters. The fourth-order valence-corrected chi connectivity index (χ4v) is 4.21. The third kappa shape index (κ3) is 3.18. The number of rotatable bonds is 3. The number of aromatic nitrogens is 2. The van der Waals surface area contributed by atoms with E-state index in [0.29, 0.717) is 5.69 Å². The number of anilines is 1. The monoisotopic (exact) mass is 395 g/mol. The molecule has 1 aliphatic rings. The topological polar surface area (TPSA) is 55.2 Å². The van der Waals surface area contributed by atoms with E-state index in [1.807, 2.05) is 67.6 Å². The highest BCUT2D eigenvalue weighted by Gasteiger charge is 2.30. The van der Waals surface area contributed by atoms with Gasteiger partial charge >= 0.3 is 0 Å². The van der Waals surface area contributed by atoms with Crippen LogP contribution in [0.15, 0.2) is 83.7 Å². The average Bonchev–Trinajstić information content (AvgIpc) is 3.10. The molecule has 3 aromatic carbocycles. The molecule has 5 rings (SSSR count). The molecule has 1 aliphatic heterocycles. The molecule has 2 heterocycles. The van der Waals surface area contributed by atoms with Gasteiger partial charge < -0.3 is 4.90 Å². The van der Waals surface area contributed by atoms with Crippen molar-refractivity contribution in [1.29, 1.82) is 0 Å².